The maximum Gasteiger partial charge on any atom is 0.352 e. The quantitative estimate of drug-likeness (QED) is 0.785. The van der Waals surface area contributed by atoms with Gasteiger partial charge in [-0.15, -0.1) is 5.10 Å². The molecule has 0 saturated heterocycles. The highest BCUT2D eigenvalue weighted by Crippen LogP contribution is 2.48. The van der Waals surface area contributed by atoms with Crippen LogP contribution in [0.2, 0.25) is 0 Å². The Kier molecular flexibility index (Phi) is 2.24. The van der Waals surface area contributed by atoms with Crippen LogP contribution in [0.25, 0.3) is 5.65 Å². The minimum atomic E-state index is -0.371. The zero-order valence-electron chi connectivity index (χ0n) is 11.0. The van der Waals surface area contributed by atoms with Crippen molar-refractivity contribution < 1.29 is 4.79 Å². The normalized spacial score (nSPS) is 27.6. The second kappa shape index (κ2) is 3.87. The van der Waals surface area contributed by atoms with Gasteiger partial charge >= 0.3 is 5.69 Å². The van der Waals surface area contributed by atoms with E-state index in [4.69, 9.17) is 0 Å². The van der Waals surface area contributed by atoms with Crippen LogP contribution in [0.4, 0.5) is 0 Å². The molecule has 3 aliphatic rings. The summed E-state index contributed by atoms with van der Waals surface area (Å²) in [5.41, 5.74) is -0.0000767. The summed E-state index contributed by atoms with van der Waals surface area (Å²) in [4.78, 5) is 28.1. The Morgan fingerprint density at radius 3 is 2.90 bits per heavy atom. The molecule has 1 unspecified atom stereocenters. The lowest BCUT2D eigenvalue weighted by atomic mass is 9.84. The molecule has 0 spiro atoms. The van der Waals surface area contributed by atoms with Crippen LogP contribution < -0.4 is 11.0 Å². The number of aromatic nitrogens is 5. The number of amides is 1. The number of hydrogen-bond donors (Lipinski definition) is 1. The van der Waals surface area contributed by atoms with Crippen LogP contribution in [0.15, 0.2) is 11.1 Å². The molecule has 20 heavy (non-hydrogen) atoms. The van der Waals surface area contributed by atoms with Gasteiger partial charge in [0.1, 0.15) is 6.33 Å². The Bertz CT molecular complexity index is 757. The zero-order chi connectivity index (χ0) is 13.9. The minimum absolute atomic E-state index is 0.166. The van der Waals surface area contributed by atoms with Crippen molar-refractivity contribution in [2.45, 2.75) is 25.3 Å². The van der Waals surface area contributed by atoms with Crippen LogP contribution in [-0.4, -0.2) is 36.3 Å². The molecule has 0 aromatic carbocycles. The standard InChI is InChI=1S/C12H14N6O2/c1-17-12(20)18-5-13-9(10(18)15-16-17)11(19)14-8-4-6-2-7(8)3-6/h5-8H,2-4H2,1H3,(H,14,19). The van der Waals surface area contributed by atoms with E-state index in [1.165, 1.54) is 30.6 Å². The first-order valence-corrected chi connectivity index (χ1v) is 6.71. The number of hydrogen-bond acceptors (Lipinski definition) is 5. The highest BCUT2D eigenvalue weighted by Gasteiger charge is 2.45. The van der Waals surface area contributed by atoms with E-state index in [9.17, 15) is 9.59 Å². The van der Waals surface area contributed by atoms with E-state index < -0.39 is 0 Å². The Hall–Kier alpha value is -2.25. The number of nitrogens with one attached hydrogen (secondary N) is 1. The van der Waals surface area contributed by atoms with Crippen LogP contribution in [0, 0.1) is 11.8 Å². The number of carbonyl (C=O) groups excluding carboxylic acids is 1. The maximum atomic E-state index is 12.3. The van der Waals surface area contributed by atoms with Gasteiger partial charge in [0.2, 0.25) is 0 Å². The Morgan fingerprint density at radius 2 is 2.20 bits per heavy atom. The molecule has 8 heteroatoms. The summed E-state index contributed by atoms with van der Waals surface area (Å²) in [7, 11) is 1.50. The molecule has 2 aromatic heterocycles. The zero-order valence-corrected chi connectivity index (χ0v) is 11.0. The predicted octanol–water partition coefficient (Wildman–Crippen LogP) is -0.649. The van der Waals surface area contributed by atoms with E-state index in [0.29, 0.717) is 5.92 Å². The Balaban J connectivity index is 1.66. The van der Waals surface area contributed by atoms with Crippen LogP contribution >= 0.6 is 0 Å². The van der Waals surface area contributed by atoms with Gasteiger partial charge in [-0.05, 0) is 31.1 Å². The topological polar surface area (TPSA) is 94.2 Å². The molecule has 3 saturated carbocycles. The number of carbonyl (C=O) groups is 1. The molecule has 1 N–H and O–H groups in total. The molecule has 1 amide bonds. The number of imidazole rings is 1. The van der Waals surface area contributed by atoms with Gasteiger partial charge in [0, 0.05) is 13.1 Å². The van der Waals surface area contributed by atoms with Crippen molar-refractivity contribution in [2.24, 2.45) is 18.9 Å². The number of fused-ring (bicyclic) bond motifs is 2. The van der Waals surface area contributed by atoms with Crippen molar-refractivity contribution >= 4 is 11.6 Å². The molecule has 104 valence electrons. The average molecular weight is 274 g/mol. The van der Waals surface area contributed by atoms with Gasteiger partial charge in [-0.2, -0.15) is 4.68 Å². The molecule has 2 bridgehead atoms. The summed E-state index contributed by atoms with van der Waals surface area (Å²) < 4.78 is 2.33. The number of aryl methyl sites for hydroxylation is 1. The second-order valence-electron chi connectivity index (χ2n) is 5.70. The summed E-state index contributed by atoms with van der Waals surface area (Å²) in [5, 5.41) is 10.6. The van der Waals surface area contributed by atoms with Gasteiger partial charge in [0.05, 0.1) is 0 Å². The van der Waals surface area contributed by atoms with E-state index >= 15 is 0 Å². The fourth-order valence-corrected chi connectivity index (χ4v) is 3.31. The smallest absolute Gasteiger partial charge is 0.348 e. The molecule has 5 rings (SSSR count). The fraction of sp³-hybridized carbons (Fsp3) is 0.583. The second-order valence-corrected chi connectivity index (χ2v) is 5.70. The third-order valence-electron chi connectivity index (χ3n) is 4.46. The first-order valence-electron chi connectivity index (χ1n) is 6.71. The molecular weight excluding hydrogens is 260 g/mol. The van der Waals surface area contributed by atoms with E-state index in [1.807, 2.05) is 0 Å². The fourth-order valence-electron chi connectivity index (χ4n) is 3.31. The van der Waals surface area contributed by atoms with Crippen LogP contribution in [0.3, 0.4) is 0 Å². The Labute approximate surface area is 113 Å². The third kappa shape index (κ3) is 1.50. The first kappa shape index (κ1) is 11.6. The molecular formula is C12H14N6O2. The SMILES string of the molecule is Cn1nnc2c(C(=O)NC3CC4CC3C4)ncn2c1=O. The first-order chi connectivity index (χ1) is 9.63. The summed E-state index contributed by atoms with van der Waals surface area (Å²) in [5.74, 6) is 1.11. The monoisotopic (exact) mass is 274 g/mol. The van der Waals surface area contributed by atoms with E-state index in [1.54, 1.807) is 0 Å². The van der Waals surface area contributed by atoms with Crippen LogP contribution in [0.5, 0.6) is 0 Å². The lowest BCUT2D eigenvalue weighted by Crippen LogP contribution is -2.37. The molecule has 0 radical (unpaired) electrons. The van der Waals surface area contributed by atoms with Crippen molar-refractivity contribution in [2.75, 3.05) is 0 Å². The van der Waals surface area contributed by atoms with Crippen molar-refractivity contribution in [1.29, 1.82) is 0 Å². The highest BCUT2D eigenvalue weighted by atomic mass is 16.2. The third-order valence-corrected chi connectivity index (χ3v) is 4.46. The van der Waals surface area contributed by atoms with Gasteiger partial charge in [-0.25, -0.2) is 14.2 Å². The van der Waals surface area contributed by atoms with E-state index in [-0.39, 0.29) is 29.0 Å². The molecule has 0 aliphatic heterocycles. The Morgan fingerprint density at radius 1 is 1.40 bits per heavy atom. The van der Waals surface area contributed by atoms with E-state index in [0.717, 1.165) is 17.0 Å². The van der Waals surface area contributed by atoms with Crippen molar-refractivity contribution in [1.82, 2.24) is 29.7 Å². The van der Waals surface area contributed by atoms with Gasteiger partial charge in [0.25, 0.3) is 5.91 Å². The van der Waals surface area contributed by atoms with Gasteiger partial charge in [-0.3, -0.25) is 4.79 Å². The number of nitrogens with zero attached hydrogens (tertiary/aromatic N) is 5. The summed E-state index contributed by atoms with van der Waals surface area (Å²) in [6.45, 7) is 0. The number of rotatable bonds is 2. The molecule has 3 aliphatic carbocycles. The average Bonchev–Trinajstić information content (AvgIpc) is 3.04. The summed E-state index contributed by atoms with van der Waals surface area (Å²) in [6, 6.07) is 0.240. The largest absolute Gasteiger partial charge is 0.352 e. The molecule has 8 nitrogen and oxygen atoms in total. The highest BCUT2D eigenvalue weighted by molar-refractivity contribution is 5.98. The van der Waals surface area contributed by atoms with Crippen molar-refractivity contribution in [3.63, 3.8) is 0 Å². The molecule has 2 heterocycles. The van der Waals surface area contributed by atoms with Gasteiger partial charge in [0.15, 0.2) is 11.3 Å². The predicted molar refractivity (Wildman–Crippen MR) is 68.1 cm³/mol. The summed E-state index contributed by atoms with van der Waals surface area (Å²) >= 11 is 0. The molecule has 1 atom stereocenters. The van der Waals surface area contributed by atoms with Crippen molar-refractivity contribution in [3.05, 3.63) is 22.5 Å². The summed E-state index contributed by atoms with van der Waals surface area (Å²) in [6.07, 6.45) is 4.80. The lowest BCUT2D eigenvalue weighted by Gasteiger charge is -2.24. The lowest BCUT2D eigenvalue weighted by molar-refractivity contribution is 0.0925. The van der Waals surface area contributed by atoms with Crippen LogP contribution in [0.1, 0.15) is 29.8 Å². The van der Waals surface area contributed by atoms with Gasteiger partial charge in [-0.1, -0.05) is 5.21 Å². The molecule has 3 fully saturated rings. The van der Waals surface area contributed by atoms with E-state index in [2.05, 4.69) is 20.6 Å². The molecule has 2 aromatic rings. The maximum absolute atomic E-state index is 12.3. The minimum Gasteiger partial charge on any atom is -0.348 e. The van der Waals surface area contributed by atoms with Crippen LogP contribution in [-0.2, 0) is 7.05 Å². The van der Waals surface area contributed by atoms with Gasteiger partial charge < -0.3 is 5.32 Å². The van der Waals surface area contributed by atoms with Crippen molar-refractivity contribution in [3.8, 4) is 0 Å².